The number of nitrogens with one attached hydrogen (secondary N) is 1. The third-order valence-corrected chi connectivity index (χ3v) is 4.65. The molecule has 0 aliphatic carbocycles. The number of carbonyl (C=O) groups excluding carboxylic acids is 1. The van der Waals surface area contributed by atoms with Crippen LogP contribution in [-0.2, 0) is 11.3 Å². The van der Waals surface area contributed by atoms with Gasteiger partial charge in [-0.15, -0.1) is 11.3 Å². The second kappa shape index (κ2) is 5.25. The molecule has 2 heterocycles. The topological polar surface area (TPSA) is 45.2 Å². The molecule has 4 nitrogen and oxygen atoms in total. The van der Waals surface area contributed by atoms with Crippen molar-refractivity contribution in [2.75, 3.05) is 18.9 Å². The smallest absolute Gasteiger partial charge is 0.232 e. The monoisotopic (exact) mass is 287 g/mol. The number of carbonyl (C=O) groups is 1. The van der Waals surface area contributed by atoms with Crippen LogP contribution >= 0.6 is 11.3 Å². The van der Waals surface area contributed by atoms with Gasteiger partial charge in [-0.05, 0) is 18.6 Å². The van der Waals surface area contributed by atoms with Crippen molar-refractivity contribution < 1.29 is 4.79 Å². The number of hydrogen-bond acceptors (Lipinski definition) is 4. The van der Waals surface area contributed by atoms with Crippen molar-refractivity contribution in [3.63, 3.8) is 0 Å². The fourth-order valence-electron chi connectivity index (χ4n) is 2.54. The van der Waals surface area contributed by atoms with Crippen molar-refractivity contribution in [1.29, 1.82) is 0 Å². The molecule has 1 aromatic heterocycles. The Morgan fingerprint density at radius 1 is 1.50 bits per heavy atom. The number of aromatic nitrogens is 1. The van der Waals surface area contributed by atoms with Crippen LogP contribution in [0.25, 0.3) is 0 Å². The predicted molar refractivity (Wildman–Crippen MR) is 81.0 cm³/mol. The molecule has 104 valence electrons. The average molecular weight is 287 g/mol. The highest BCUT2D eigenvalue weighted by molar-refractivity contribution is 7.09. The first kappa shape index (κ1) is 13.1. The van der Waals surface area contributed by atoms with Gasteiger partial charge in [-0.3, -0.25) is 4.79 Å². The highest BCUT2D eigenvalue weighted by Gasteiger charge is 2.30. The first-order valence-electron chi connectivity index (χ1n) is 6.63. The van der Waals surface area contributed by atoms with Crippen molar-refractivity contribution in [2.45, 2.75) is 19.4 Å². The van der Waals surface area contributed by atoms with Gasteiger partial charge in [-0.25, -0.2) is 4.98 Å². The number of likely N-dealkylation sites (N-methyl/N-ethyl adjacent to an activating group) is 1. The van der Waals surface area contributed by atoms with Crippen molar-refractivity contribution >= 4 is 22.9 Å². The number of hydrogen-bond donors (Lipinski definition) is 1. The number of thiazole rings is 1. The van der Waals surface area contributed by atoms with Crippen LogP contribution in [0.4, 0.5) is 5.69 Å². The van der Waals surface area contributed by atoms with Crippen molar-refractivity contribution in [2.24, 2.45) is 0 Å². The molecule has 1 unspecified atom stereocenters. The summed E-state index contributed by atoms with van der Waals surface area (Å²) < 4.78 is 0. The Kier molecular flexibility index (Phi) is 3.44. The van der Waals surface area contributed by atoms with Gasteiger partial charge in [-0.1, -0.05) is 18.2 Å². The molecule has 1 aliphatic rings. The average Bonchev–Trinajstić information content (AvgIpc) is 3.05. The van der Waals surface area contributed by atoms with Gasteiger partial charge < -0.3 is 10.2 Å². The highest BCUT2D eigenvalue weighted by atomic mass is 32.1. The van der Waals surface area contributed by atoms with Crippen LogP contribution in [0.3, 0.4) is 0 Å². The van der Waals surface area contributed by atoms with E-state index in [-0.39, 0.29) is 11.8 Å². The summed E-state index contributed by atoms with van der Waals surface area (Å²) in [5.74, 6) is 0.0830. The zero-order chi connectivity index (χ0) is 14.1. The molecular weight excluding hydrogens is 270 g/mol. The van der Waals surface area contributed by atoms with E-state index in [1.165, 1.54) is 0 Å². The Balaban J connectivity index is 1.75. The Labute approximate surface area is 122 Å². The van der Waals surface area contributed by atoms with Crippen LogP contribution in [0.2, 0.25) is 0 Å². The van der Waals surface area contributed by atoms with E-state index in [9.17, 15) is 4.79 Å². The minimum Gasteiger partial charge on any atom is -0.384 e. The lowest BCUT2D eigenvalue weighted by Crippen LogP contribution is -2.32. The third kappa shape index (κ3) is 2.29. The molecule has 1 aromatic carbocycles. The standard InChI is InChI=1S/C15H17N3OS/c1-10-14(20-9-17-10)8-18(2)15(19)12-7-16-13-6-4-3-5-11(12)13/h3-6,9,12,16H,7-8H2,1-2H3. The quantitative estimate of drug-likeness (QED) is 0.944. The molecule has 0 radical (unpaired) electrons. The Bertz CT molecular complexity index is 638. The van der Waals surface area contributed by atoms with Gasteiger partial charge in [0.1, 0.15) is 0 Å². The summed E-state index contributed by atoms with van der Waals surface area (Å²) in [6, 6.07) is 8.03. The first-order valence-corrected chi connectivity index (χ1v) is 7.51. The number of benzene rings is 1. The zero-order valence-corrected chi connectivity index (χ0v) is 12.4. The first-order chi connectivity index (χ1) is 9.66. The van der Waals surface area contributed by atoms with E-state index in [1.807, 2.05) is 43.7 Å². The molecule has 0 saturated carbocycles. The summed E-state index contributed by atoms with van der Waals surface area (Å²) in [6.45, 7) is 3.30. The second-order valence-corrected chi connectivity index (χ2v) is 6.02. The molecule has 3 rings (SSSR count). The van der Waals surface area contributed by atoms with E-state index < -0.39 is 0 Å². The van der Waals surface area contributed by atoms with Crippen LogP contribution in [-0.4, -0.2) is 29.4 Å². The highest BCUT2D eigenvalue weighted by Crippen LogP contribution is 2.32. The van der Waals surface area contributed by atoms with Crippen LogP contribution in [0.1, 0.15) is 22.1 Å². The van der Waals surface area contributed by atoms with E-state index in [0.29, 0.717) is 13.1 Å². The molecule has 20 heavy (non-hydrogen) atoms. The Morgan fingerprint density at radius 3 is 3.05 bits per heavy atom. The number of anilines is 1. The van der Waals surface area contributed by atoms with Gasteiger partial charge in [-0.2, -0.15) is 0 Å². The zero-order valence-electron chi connectivity index (χ0n) is 11.6. The number of amides is 1. The normalized spacial score (nSPS) is 16.6. The predicted octanol–water partition coefficient (Wildman–Crippen LogP) is 2.62. The summed E-state index contributed by atoms with van der Waals surface area (Å²) in [6.07, 6.45) is 0. The Morgan fingerprint density at radius 2 is 2.30 bits per heavy atom. The molecule has 1 N–H and O–H groups in total. The van der Waals surface area contributed by atoms with Gasteiger partial charge in [0.05, 0.1) is 23.7 Å². The van der Waals surface area contributed by atoms with E-state index in [4.69, 9.17) is 0 Å². The molecule has 1 amide bonds. The SMILES string of the molecule is Cc1ncsc1CN(C)C(=O)C1CNc2ccccc21. The fraction of sp³-hybridized carbons (Fsp3) is 0.333. The molecule has 0 bridgehead atoms. The number of fused-ring (bicyclic) bond motifs is 1. The third-order valence-electron chi connectivity index (χ3n) is 3.73. The minimum atomic E-state index is -0.0792. The van der Waals surface area contributed by atoms with Crippen LogP contribution < -0.4 is 5.32 Å². The molecule has 0 fully saturated rings. The summed E-state index contributed by atoms with van der Waals surface area (Å²) in [7, 11) is 1.86. The Hall–Kier alpha value is -1.88. The molecule has 2 aromatic rings. The number of rotatable bonds is 3. The molecule has 0 spiro atoms. The number of aryl methyl sites for hydroxylation is 1. The molecule has 1 aliphatic heterocycles. The van der Waals surface area contributed by atoms with Crippen molar-refractivity contribution in [1.82, 2.24) is 9.88 Å². The minimum absolute atomic E-state index is 0.0792. The van der Waals surface area contributed by atoms with Gasteiger partial charge in [0.15, 0.2) is 0 Å². The number of para-hydroxylation sites is 1. The summed E-state index contributed by atoms with van der Waals surface area (Å²) in [5.41, 5.74) is 5.02. The second-order valence-electron chi connectivity index (χ2n) is 5.08. The fourth-order valence-corrected chi connectivity index (χ4v) is 3.37. The lowest BCUT2D eigenvalue weighted by Gasteiger charge is -2.20. The molecule has 5 heteroatoms. The van der Waals surface area contributed by atoms with E-state index in [2.05, 4.69) is 10.3 Å². The van der Waals surface area contributed by atoms with Crippen LogP contribution in [0.15, 0.2) is 29.8 Å². The van der Waals surface area contributed by atoms with E-state index in [1.54, 1.807) is 16.2 Å². The van der Waals surface area contributed by atoms with Gasteiger partial charge in [0, 0.05) is 24.2 Å². The summed E-state index contributed by atoms with van der Waals surface area (Å²) >= 11 is 1.60. The van der Waals surface area contributed by atoms with E-state index in [0.717, 1.165) is 21.8 Å². The number of nitrogens with zero attached hydrogens (tertiary/aromatic N) is 2. The van der Waals surface area contributed by atoms with Gasteiger partial charge in [0.25, 0.3) is 0 Å². The van der Waals surface area contributed by atoms with Crippen molar-refractivity contribution in [3.8, 4) is 0 Å². The summed E-state index contributed by atoms with van der Waals surface area (Å²) in [5, 5.41) is 3.30. The maximum atomic E-state index is 12.6. The van der Waals surface area contributed by atoms with Gasteiger partial charge >= 0.3 is 0 Å². The van der Waals surface area contributed by atoms with Crippen LogP contribution in [0, 0.1) is 6.92 Å². The summed E-state index contributed by atoms with van der Waals surface area (Å²) in [4.78, 5) is 19.8. The van der Waals surface area contributed by atoms with Crippen LogP contribution in [0.5, 0.6) is 0 Å². The molecule has 0 saturated heterocycles. The lowest BCUT2D eigenvalue weighted by molar-refractivity contribution is -0.131. The molecular formula is C15H17N3OS. The molecule has 1 atom stereocenters. The maximum Gasteiger partial charge on any atom is 0.232 e. The van der Waals surface area contributed by atoms with E-state index >= 15 is 0 Å². The maximum absolute atomic E-state index is 12.6. The van der Waals surface area contributed by atoms with Gasteiger partial charge in [0.2, 0.25) is 5.91 Å². The van der Waals surface area contributed by atoms with Crippen molar-refractivity contribution in [3.05, 3.63) is 45.9 Å². The lowest BCUT2D eigenvalue weighted by atomic mass is 10.00. The largest absolute Gasteiger partial charge is 0.384 e.